The number of thiazole rings is 1. The first-order chi connectivity index (χ1) is 14.0. The van der Waals surface area contributed by atoms with Crippen LogP contribution in [0.5, 0.6) is 0 Å². The predicted molar refractivity (Wildman–Crippen MR) is 116 cm³/mol. The third-order valence-corrected chi connectivity index (χ3v) is 5.26. The molecule has 2 heterocycles. The number of carbonyl (C=O) groups is 2. The third-order valence-electron chi connectivity index (χ3n) is 4.03. The second kappa shape index (κ2) is 10.9. The van der Waals surface area contributed by atoms with Crippen LogP contribution in [0.2, 0.25) is 0 Å². The lowest BCUT2D eigenvalue weighted by Crippen LogP contribution is -2.25. The van der Waals surface area contributed by atoms with Gasteiger partial charge in [0.05, 0.1) is 10.6 Å². The standard InChI is InChI=1S/C20H22N4OS.CH2O2/c1-13-5-4-6-17(23-13)11-12-22-19(25)16-9-7-15(8-10-16)18-14(2)24-20(21-3)26-18;2-1-3/h4-10H,11-12H2,1-3H3,(H,21,24)(H,22,25);1H,(H,2,3). The molecule has 8 heteroatoms. The monoisotopic (exact) mass is 412 g/mol. The Morgan fingerprint density at radius 3 is 2.41 bits per heavy atom. The highest BCUT2D eigenvalue weighted by Crippen LogP contribution is 2.32. The Bertz CT molecular complexity index is 955. The molecule has 152 valence electrons. The Morgan fingerprint density at radius 2 is 1.83 bits per heavy atom. The molecular weight excluding hydrogens is 388 g/mol. The SMILES string of the molecule is CNc1nc(C)c(-c2ccc(C(=O)NCCc3cccc(C)n3)cc2)s1.O=CO. The first kappa shape index (κ1) is 22.0. The summed E-state index contributed by atoms with van der Waals surface area (Å²) in [6.07, 6.45) is 0.721. The molecule has 0 saturated heterocycles. The molecule has 0 fully saturated rings. The van der Waals surface area contributed by atoms with E-state index in [4.69, 9.17) is 9.90 Å². The van der Waals surface area contributed by atoms with Gasteiger partial charge in [0.15, 0.2) is 5.13 Å². The van der Waals surface area contributed by atoms with Gasteiger partial charge in [-0.1, -0.05) is 29.5 Å². The van der Waals surface area contributed by atoms with E-state index in [1.54, 1.807) is 11.3 Å². The van der Waals surface area contributed by atoms with E-state index in [-0.39, 0.29) is 12.4 Å². The van der Waals surface area contributed by atoms with E-state index < -0.39 is 0 Å². The number of nitrogens with one attached hydrogen (secondary N) is 2. The predicted octanol–water partition coefficient (Wildman–Crippen LogP) is 3.54. The molecule has 3 aromatic rings. The van der Waals surface area contributed by atoms with Gasteiger partial charge in [0.1, 0.15) is 0 Å². The molecule has 0 atom stereocenters. The number of carboxylic acid groups (broad SMARTS) is 1. The summed E-state index contributed by atoms with van der Waals surface area (Å²) in [5.41, 5.74) is 4.69. The smallest absolute Gasteiger partial charge is 0.290 e. The average Bonchev–Trinajstić information content (AvgIpc) is 3.09. The van der Waals surface area contributed by atoms with Crippen LogP contribution < -0.4 is 10.6 Å². The van der Waals surface area contributed by atoms with Gasteiger partial charge in [-0.2, -0.15) is 0 Å². The highest BCUT2D eigenvalue weighted by molar-refractivity contribution is 7.19. The van der Waals surface area contributed by atoms with Crippen LogP contribution >= 0.6 is 11.3 Å². The van der Waals surface area contributed by atoms with Gasteiger partial charge in [0, 0.05) is 37.0 Å². The maximum absolute atomic E-state index is 12.3. The van der Waals surface area contributed by atoms with Crippen molar-refractivity contribution in [3.63, 3.8) is 0 Å². The normalized spacial score (nSPS) is 9.90. The maximum atomic E-state index is 12.3. The number of nitrogens with zero attached hydrogens (tertiary/aromatic N) is 2. The summed E-state index contributed by atoms with van der Waals surface area (Å²) < 4.78 is 0. The number of carbonyl (C=O) groups excluding carboxylic acids is 1. The molecule has 0 saturated carbocycles. The van der Waals surface area contributed by atoms with Crippen molar-refractivity contribution in [3.8, 4) is 10.4 Å². The number of benzene rings is 1. The van der Waals surface area contributed by atoms with Gasteiger partial charge in [-0.05, 0) is 43.7 Å². The van der Waals surface area contributed by atoms with E-state index in [0.29, 0.717) is 12.1 Å². The average molecular weight is 413 g/mol. The molecule has 0 unspecified atom stereocenters. The second-order valence-corrected chi connectivity index (χ2v) is 7.14. The Balaban J connectivity index is 0.000000941. The number of aryl methyl sites for hydroxylation is 2. The Kier molecular flexibility index (Phi) is 8.29. The van der Waals surface area contributed by atoms with Crippen molar-refractivity contribution in [2.75, 3.05) is 18.9 Å². The molecule has 7 nitrogen and oxygen atoms in total. The summed E-state index contributed by atoms with van der Waals surface area (Å²) in [4.78, 5) is 30.7. The van der Waals surface area contributed by atoms with Gasteiger partial charge in [-0.25, -0.2) is 4.98 Å². The van der Waals surface area contributed by atoms with Crippen LogP contribution in [0.25, 0.3) is 10.4 Å². The fourth-order valence-corrected chi connectivity index (χ4v) is 3.61. The molecule has 29 heavy (non-hydrogen) atoms. The van der Waals surface area contributed by atoms with Crippen LogP contribution in [0.3, 0.4) is 0 Å². The molecule has 0 aliphatic carbocycles. The molecule has 0 aliphatic rings. The first-order valence-electron chi connectivity index (χ1n) is 9.02. The minimum Gasteiger partial charge on any atom is -0.483 e. The van der Waals surface area contributed by atoms with Gasteiger partial charge in [0.25, 0.3) is 12.4 Å². The van der Waals surface area contributed by atoms with Crippen LogP contribution in [0.1, 0.15) is 27.4 Å². The molecular formula is C21H24N4O3S. The molecule has 3 N–H and O–H groups in total. The Hall–Kier alpha value is -3.26. The topological polar surface area (TPSA) is 104 Å². The number of pyridine rings is 1. The lowest BCUT2D eigenvalue weighted by molar-refractivity contribution is -0.122. The van der Waals surface area contributed by atoms with Crippen molar-refractivity contribution in [2.24, 2.45) is 0 Å². The Morgan fingerprint density at radius 1 is 1.14 bits per heavy atom. The lowest BCUT2D eigenvalue weighted by atomic mass is 10.1. The molecule has 2 aromatic heterocycles. The summed E-state index contributed by atoms with van der Waals surface area (Å²) in [5, 5.41) is 13.8. The van der Waals surface area contributed by atoms with Crippen LogP contribution in [-0.2, 0) is 11.2 Å². The number of rotatable bonds is 6. The Labute approximate surface area is 173 Å². The van der Waals surface area contributed by atoms with Crippen molar-refractivity contribution in [2.45, 2.75) is 20.3 Å². The molecule has 0 radical (unpaired) electrons. The lowest BCUT2D eigenvalue weighted by Gasteiger charge is -2.06. The van der Waals surface area contributed by atoms with Gasteiger partial charge in [-0.3, -0.25) is 14.6 Å². The van der Waals surface area contributed by atoms with Crippen LogP contribution in [0.15, 0.2) is 42.5 Å². The summed E-state index contributed by atoms with van der Waals surface area (Å²) in [7, 11) is 1.86. The molecule has 0 aliphatic heterocycles. The number of hydrogen-bond donors (Lipinski definition) is 3. The summed E-state index contributed by atoms with van der Waals surface area (Å²) in [5.74, 6) is -0.0684. The van der Waals surface area contributed by atoms with E-state index >= 15 is 0 Å². The maximum Gasteiger partial charge on any atom is 0.290 e. The fourth-order valence-electron chi connectivity index (χ4n) is 2.69. The number of anilines is 1. The molecule has 1 aromatic carbocycles. The van der Waals surface area contributed by atoms with Gasteiger partial charge < -0.3 is 15.7 Å². The minimum absolute atomic E-state index is 0.0684. The highest BCUT2D eigenvalue weighted by atomic mass is 32.1. The minimum atomic E-state index is -0.250. The van der Waals surface area contributed by atoms with E-state index in [9.17, 15) is 4.79 Å². The molecule has 1 amide bonds. The zero-order chi connectivity index (χ0) is 21.2. The van der Waals surface area contributed by atoms with Crippen molar-refractivity contribution in [1.29, 1.82) is 0 Å². The molecule has 0 bridgehead atoms. The zero-order valence-electron chi connectivity index (χ0n) is 16.6. The number of aromatic nitrogens is 2. The largest absolute Gasteiger partial charge is 0.483 e. The van der Waals surface area contributed by atoms with E-state index in [0.717, 1.165) is 39.1 Å². The van der Waals surface area contributed by atoms with Crippen molar-refractivity contribution in [3.05, 3.63) is 65.1 Å². The summed E-state index contributed by atoms with van der Waals surface area (Å²) in [6.45, 7) is 4.27. The summed E-state index contributed by atoms with van der Waals surface area (Å²) in [6, 6.07) is 13.6. The van der Waals surface area contributed by atoms with E-state index in [1.807, 2.05) is 63.4 Å². The number of hydrogen-bond acceptors (Lipinski definition) is 6. The summed E-state index contributed by atoms with van der Waals surface area (Å²) >= 11 is 1.61. The fraction of sp³-hybridized carbons (Fsp3) is 0.238. The quantitative estimate of drug-likeness (QED) is 0.535. The van der Waals surface area contributed by atoms with Crippen LogP contribution in [0.4, 0.5) is 5.13 Å². The van der Waals surface area contributed by atoms with Gasteiger partial charge in [0.2, 0.25) is 0 Å². The van der Waals surface area contributed by atoms with Crippen LogP contribution in [0, 0.1) is 13.8 Å². The van der Waals surface area contributed by atoms with Crippen molar-refractivity contribution >= 4 is 28.8 Å². The van der Waals surface area contributed by atoms with Crippen molar-refractivity contribution < 1.29 is 14.7 Å². The van der Waals surface area contributed by atoms with E-state index in [2.05, 4.69) is 20.6 Å². The number of amides is 1. The van der Waals surface area contributed by atoms with Gasteiger partial charge >= 0.3 is 0 Å². The zero-order valence-corrected chi connectivity index (χ0v) is 17.4. The third kappa shape index (κ3) is 6.39. The first-order valence-corrected chi connectivity index (χ1v) is 9.84. The van der Waals surface area contributed by atoms with Crippen LogP contribution in [-0.4, -0.2) is 41.0 Å². The van der Waals surface area contributed by atoms with Gasteiger partial charge in [-0.15, -0.1) is 0 Å². The van der Waals surface area contributed by atoms with Crippen molar-refractivity contribution in [1.82, 2.24) is 15.3 Å². The second-order valence-electron chi connectivity index (χ2n) is 6.14. The highest BCUT2D eigenvalue weighted by Gasteiger charge is 2.10. The van der Waals surface area contributed by atoms with E-state index in [1.165, 1.54) is 0 Å². The molecule has 0 spiro atoms. The molecule has 3 rings (SSSR count).